The fourth-order valence-electron chi connectivity index (χ4n) is 1.88. The summed E-state index contributed by atoms with van der Waals surface area (Å²) in [5.41, 5.74) is 0.827. The SMILES string of the molecule is CC(C(=O)O)[C@H](NC(=O)c1ccc2occc2c1)C(=O)O. The molecule has 1 unspecified atom stereocenters. The van der Waals surface area contributed by atoms with Gasteiger partial charge in [-0.2, -0.15) is 0 Å². The molecule has 2 atom stereocenters. The number of carboxylic acids is 2. The minimum Gasteiger partial charge on any atom is -0.481 e. The lowest BCUT2D eigenvalue weighted by molar-refractivity contribution is -0.149. The van der Waals surface area contributed by atoms with Crippen LogP contribution in [0.1, 0.15) is 17.3 Å². The normalized spacial score (nSPS) is 13.6. The molecule has 1 aromatic carbocycles. The lowest BCUT2D eigenvalue weighted by atomic mass is 10.0. The van der Waals surface area contributed by atoms with E-state index in [0.29, 0.717) is 11.0 Å². The molecule has 0 aliphatic rings. The number of nitrogens with one attached hydrogen (secondary N) is 1. The van der Waals surface area contributed by atoms with Crippen molar-refractivity contribution in [1.82, 2.24) is 5.32 Å². The first-order chi connectivity index (χ1) is 9.90. The minimum atomic E-state index is -1.50. The quantitative estimate of drug-likeness (QED) is 0.765. The molecule has 0 saturated carbocycles. The van der Waals surface area contributed by atoms with E-state index in [9.17, 15) is 14.4 Å². The Morgan fingerprint density at radius 3 is 2.48 bits per heavy atom. The molecule has 7 heteroatoms. The standard InChI is InChI=1S/C14H13NO6/c1-7(13(17)18)11(14(19)20)15-12(16)9-2-3-10-8(6-9)4-5-21-10/h2-7,11H,1H3,(H,15,16)(H,17,18)(H,19,20)/t7?,11-/m0/s1. The average molecular weight is 291 g/mol. The second-order valence-electron chi connectivity index (χ2n) is 4.59. The van der Waals surface area contributed by atoms with Gasteiger partial charge in [0, 0.05) is 10.9 Å². The van der Waals surface area contributed by atoms with Crippen molar-refractivity contribution in [2.45, 2.75) is 13.0 Å². The largest absolute Gasteiger partial charge is 0.481 e. The summed E-state index contributed by atoms with van der Waals surface area (Å²) in [6.45, 7) is 1.22. The molecule has 1 heterocycles. The first kappa shape index (κ1) is 14.6. The van der Waals surface area contributed by atoms with Crippen molar-refractivity contribution < 1.29 is 29.0 Å². The lowest BCUT2D eigenvalue weighted by Crippen LogP contribution is -2.47. The summed E-state index contributed by atoms with van der Waals surface area (Å²) in [7, 11) is 0. The highest BCUT2D eigenvalue weighted by atomic mass is 16.4. The number of rotatable bonds is 5. The number of carboxylic acid groups (broad SMARTS) is 2. The van der Waals surface area contributed by atoms with Crippen LogP contribution in [0.3, 0.4) is 0 Å². The summed E-state index contributed by atoms with van der Waals surface area (Å²) >= 11 is 0. The van der Waals surface area contributed by atoms with Crippen molar-refractivity contribution in [3.05, 3.63) is 36.1 Å². The molecule has 2 aromatic rings. The Labute approximate surface area is 119 Å². The highest BCUT2D eigenvalue weighted by Gasteiger charge is 2.31. The zero-order valence-electron chi connectivity index (χ0n) is 11.1. The number of aliphatic carboxylic acids is 2. The summed E-state index contributed by atoms with van der Waals surface area (Å²) in [4.78, 5) is 34.0. The molecular weight excluding hydrogens is 278 g/mol. The molecule has 3 N–H and O–H groups in total. The van der Waals surface area contributed by atoms with Gasteiger partial charge in [0.2, 0.25) is 0 Å². The van der Waals surface area contributed by atoms with Crippen LogP contribution in [-0.2, 0) is 9.59 Å². The van der Waals surface area contributed by atoms with E-state index in [1.165, 1.54) is 19.3 Å². The number of carbonyl (C=O) groups is 3. The van der Waals surface area contributed by atoms with Gasteiger partial charge in [-0.15, -0.1) is 0 Å². The molecule has 1 amide bonds. The van der Waals surface area contributed by atoms with E-state index in [2.05, 4.69) is 5.32 Å². The fourth-order valence-corrected chi connectivity index (χ4v) is 1.88. The number of amides is 1. The Morgan fingerprint density at radius 1 is 1.14 bits per heavy atom. The molecule has 0 aliphatic heterocycles. The van der Waals surface area contributed by atoms with Gasteiger partial charge in [0.25, 0.3) is 5.91 Å². The van der Waals surface area contributed by atoms with Crippen LogP contribution >= 0.6 is 0 Å². The maximum atomic E-state index is 12.1. The maximum Gasteiger partial charge on any atom is 0.327 e. The molecule has 0 aliphatic carbocycles. The van der Waals surface area contributed by atoms with Crippen molar-refractivity contribution >= 4 is 28.8 Å². The van der Waals surface area contributed by atoms with Crippen LogP contribution in [0, 0.1) is 5.92 Å². The monoisotopic (exact) mass is 291 g/mol. The van der Waals surface area contributed by atoms with Crippen molar-refractivity contribution in [3.8, 4) is 0 Å². The minimum absolute atomic E-state index is 0.229. The van der Waals surface area contributed by atoms with Gasteiger partial charge < -0.3 is 19.9 Å². The highest BCUT2D eigenvalue weighted by Crippen LogP contribution is 2.17. The first-order valence-electron chi connectivity index (χ1n) is 6.14. The van der Waals surface area contributed by atoms with Gasteiger partial charge in [0.15, 0.2) is 0 Å². The summed E-state index contributed by atoms with van der Waals surface area (Å²) in [5.74, 6) is -4.60. The van der Waals surface area contributed by atoms with Gasteiger partial charge in [-0.1, -0.05) is 0 Å². The van der Waals surface area contributed by atoms with Crippen LogP contribution in [0.15, 0.2) is 34.9 Å². The number of carbonyl (C=O) groups excluding carboxylic acids is 1. The number of furan rings is 1. The molecule has 0 saturated heterocycles. The van der Waals surface area contributed by atoms with Crippen molar-refractivity contribution in [2.24, 2.45) is 5.92 Å². The fraction of sp³-hybridized carbons (Fsp3) is 0.214. The van der Waals surface area contributed by atoms with Gasteiger partial charge in [-0.25, -0.2) is 4.79 Å². The zero-order valence-corrected chi connectivity index (χ0v) is 11.1. The summed E-state index contributed by atoms with van der Waals surface area (Å²) in [5, 5.41) is 20.8. The molecular formula is C14H13NO6. The van der Waals surface area contributed by atoms with Crippen LogP contribution in [-0.4, -0.2) is 34.1 Å². The Balaban J connectivity index is 2.21. The number of hydrogen-bond acceptors (Lipinski definition) is 4. The molecule has 0 fully saturated rings. The average Bonchev–Trinajstić information content (AvgIpc) is 2.90. The molecule has 0 radical (unpaired) electrons. The van der Waals surface area contributed by atoms with Gasteiger partial charge in [0.05, 0.1) is 12.2 Å². The van der Waals surface area contributed by atoms with Crippen LogP contribution < -0.4 is 5.32 Å². The molecule has 0 bridgehead atoms. The van der Waals surface area contributed by atoms with Crippen LogP contribution in [0.4, 0.5) is 0 Å². The van der Waals surface area contributed by atoms with Gasteiger partial charge >= 0.3 is 11.9 Å². The second-order valence-corrected chi connectivity index (χ2v) is 4.59. The van der Waals surface area contributed by atoms with Gasteiger partial charge in [0.1, 0.15) is 11.6 Å². The molecule has 2 rings (SSSR count). The number of hydrogen-bond donors (Lipinski definition) is 3. The Morgan fingerprint density at radius 2 is 1.86 bits per heavy atom. The highest BCUT2D eigenvalue weighted by molar-refractivity contribution is 6.00. The Hall–Kier alpha value is -2.83. The van der Waals surface area contributed by atoms with E-state index in [1.54, 1.807) is 18.2 Å². The maximum absolute atomic E-state index is 12.1. The topological polar surface area (TPSA) is 117 Å². The van der Waals surface area contributed by atoms with Gasteiger partial charge in [-0.05, 0) is 31.2 Å². The number of benzene rings is 1. The third kappa shape index (κ3) is 3.02. The van der Waals surface area contributed by atoms with Crippen LogP contribution in [0.5, 0.6) is 0 Å². The van der Waals surface area contributed by atoms with Crippen molar-refractivity contribution in [3.63, 3.8) is 0 Å². The Kier molecular flexibility index (Phi) is 3.93. The zero-order chi connectivity index (χ0) is 15.6. The van der Waals surface area contributed by atoms with Crippen molar-refractivity contribution in [2.75, 3.05) is 0 Å². The van der Waals surface area contributed by atoms with E-state index in [1.807, 2.05) is 0 Å². The van der Waals surface area contributed by atoms with E-state index in [4.69, 9.17) is 14.6 Å². The number of fused-ring (bicyclic) bond motifs is 1. The van der Waals surface area contributed by atoms with Gasteiger partial charge in [-0.3, -0.25) is 9.59 Å². The summed E-state index contributed by atoms with van der Waals surface area (Å²) < 4.78 is 5.14. The molecule has 0 spiro atoms. The summed E-state index contributed by atoms with van der Waals surface area (Å²) in [6.07, 6.45) is 1.47. The molecule has 110 valence electrons. The van der Waals surface area contributed by atoms with Crippen LogP contribution in [0.2, 0.25) is 0 Å². The third-order valence-corrected chi connectivity index (χ3v) is 3.16. The van der Waals surface area contributed by atoms with E-state index >= 15 is 0 Å². The van der Waals surface area contributed by atoms with E-state index in [0.717, 1.165) is 0 Å². The predicted molar refractivity (Wildman–Crippen MR) is 71.9 cm³/mol. The first-order valence-corrected chi connectivity index (χ1v) is 6.14. The van der Waals surface area contributed by atoms with E-state index in [-0.39, 0.29) is 5.56 Å². The molecule has 7 nitrogen and oxygen atoms in total. The molecule has 21 heavy (non-hydrogen) atoms. The van der Waals surface area contributed by atoms with E-state index < -0.39 is 29.8 Å². The molecule has 1 aromatic heterocycles. The van der Waals surface area contributed by atoms with Crippen LogP contribution in [0.25, 0.3) is 11.0 Å². The smallest absolute Gasteiger partial charge is 0.327 e. The Bertz CT molecular complexity index is 704. The summed E-state index contributed by atoms with van der Waals surface area (Å²) in [6, 6.07) is 4.76. The van der Waals surface area contributed by atoms with Crippen molar-refractivity contribution in [1.29, 1.82) is 0 Å². The second kappa shape index (κ2) is 5.66. The lowest BCUT2D eigenvalue weighted by Gasteiger charge is -2.18. The third-order valence-electron chi connectivity index (χ3n) is 3.16. The predicted octanol–water partition coefficient (Wildman–Crippen LogP) is 1.34.